The lowest BCUT2D eigenvalue weighted by Gasteiger charge is -2.41. The van der Waals surface area contributed by atoms with E-state index in [1.807, 2.05) is 6.07 Å². The van der Waals surface area contributed by atoms with Gasteiger partial charge in [0.25, 0.3) is 0 Å². The zero-order chi connectivity index (χ0) is 17.2. The van der Waals surface area contributed by atoms with Crippen molar-refractivity contribution in [1.82, 2.24) is 9.88 Å². The lowest BCUT2D eigenvalue weighted by atomic mass is 9.91. The van der Waals surface area contributed by atoms with Crippen LogP contribution in [0.15, 0.2) is 54.6 Å². The number of rotatable bonds is 5. The van der Waals surface area contributed by atoms with Crippen molar-refractivity contribution in [1.29, 1.82) is 0 Å². The van der Waals surface area contributed by atoms with E-state index in [-0.39, 0.29) is 12.6 Å². The second-order valence-electron chi connectivity index (χ2n) is 6.96. The molecule has 3 heteroatoms. The second kappa shape index (κ2) is 7.03. The number of hydrogen-bond acceptors (Lipinski definition) is 2. The molecule has 0 spiro atoms. The smallest absolute Gasteiger partial charge is 0.0628 e. The Labute approximate surface area is 149 Å². The van der Waals surface area contributed by atoms with Crippen LogP contribution in [0.2, 0.25) is 0 Å². The zero-order valence-electron chi connectivity index (χ0n) is 14.8. The van der Waals surface area contributed by atoms with E-state index in [2.05, 4.69) is 65.3 Å². The van der Waals surface area contributed by atoms with Gasteiger partial charge in [-0.2, -0.15) is 0 Å². The molecule has 2 heterocycles. The fraction of sp³-hybridized carbons (Fsp3) is 0.364. The maximum atomic E-state index is 10.2. The molecule has 1 aromatic heterocycles. The minimum absolute atomic E-state index is 0.0531. The molecule has 0 saturated carbocycles. The minimum atomic E-state index is 0.0531. The molecular formula is C22H26N2O. The average molecular weight is 334 g/mol. The van der Waals surface area contributed by atoms with Gasteiger partial charge < -0.3 is 10.1 Å². The van der Waals surface area contributed by atoms with Crippen molar-refractivity contribution in [2.45, 2.75) is 38.3 Å². The molecule has 0 fully saturated rings. The van der Waals surface area contributed by atoms with Crippen LogP contribution in [0, 0.1) is 0 Å². The van der Waals surface area contributed by atoms with E-state index in [0.717, 1.165) is 25.8 Å². The first kappa shape index (κ1) is 16.4. The van der Waals surface area contributed by atoms with Gasteiger partial charge in [-0.05, 0) is 30.0 Å². The SMILES string of the molecule is CCC[C@@H]1c2[nH]c3ccccc3c2CCN1[C@@H](CO)c1ccccc1. The van der Waals surface area contributed by atoms with E-state index in [4.69, 9.17) is 0 Å². The lowest BCUT2D eigenvalue weighted by Crippen LogP contribution is -2.39. The number of aromatic amines is 1. The van der Waals surface area contributed by atoms with Crippen LogP contribution in [0.3, 0.4) is 0 Å². The quantitative estimate of drug-likeness (QED) is 0.716. The molecule has 25 heavy (non-hydrogen) atoms. The third kappa shape index (κ3) is 2.88. The summed E-state index contributed by atoms with van der Waals surface area (Å²) in [6.45, 7) is 3.38. The number of fused-ring (bicyclic) bond motifs is 3. The third-order valence-corrected chi connectivity index (χ3v) is 5.52. The van der Waals surface area contributed by atoms with Crippen molar-refractivity contribution in [2.24, 2.45) is 0 Å². The van der Waals surface area contributed by atoms with Gasteiger partial charge in [0.05, 0.1) is 18.7 Å². The molecule has 2 N–H and O–H groups in total. The predicted molar refractivity (Wildman–Crippen MR) is 103 cm³/mol. The fourth-order valence-corrected chi connectivity index (χ4v) is 4.37. The largest absolute Gasteiger partial charge is 0.394 e. The van der Waals surface area contributed by atoms with Crippen molar-refractivity contribution < 1.29 is 5.11 Å². The first-order valence-corrected chi connectivity index (χ1v) is 9.34. The van der Waals surface area contributed by atoms with Gasteiger partial charge in [-0.25, -0.2) is 0 Å². The van der Waals surface area contributed by atoms with Gasteiger partial charge in [-0.1, -0.05) is 61.9 Å². The van der Waals surface area contributed by atoms with E-state index in [0.29, 0.717) is 6.04 Å². The summed E-state index contributed by atoms with van der Waals surface area (Å²) in [5.41, 5.74) is 5.25. The normalized spacial score (nSPS) is 19.0. The molecule has 0 saturated heterocycles. The topological polar surface area (TPSA) is 39.3 Å². The van der Waals surface area contributed by atoms with Gasteiger partial charge >= 0.3 is 0 Å². The molecule has 3 nitrogen and oxygen atoms in total. The van der Waals surface area contributed by atoms with Gasteiger partial charge in [-0.3, -0.25) is 4.90 Å². The van der Waals surface area contributed by atoms with Crippen LogP contribution in [-0.2, 0) is 6.42 Å². The van der Waals surface area contributed by atoms with E-state index in [9.17, 15) is 5.11 Å². The Bertz CT molecular complexity index is 840. The Balaban J connectivity index is 1.76. The number of hydrogen-bond donors (Lipinski definition) is 2. The van der Waals surface area contributed by atoms with Gasteiger partial charge in [0.15, 0.2) is 0 Å². The Kier molecular flexibility index (Phi) is 4.60. The average Bonchev–Trinajstić information content (AvgIpc) is 3.04. The van der Waals surface area contributed by atoms with Crippen LogP contribution in [-0.4, -0.2) is 28.1 Å². The molecule has 1 aliphatic heterocycles. The van der Waals surface area contributed by atoms with E-state index in [1.54, 1.807) is 0 Å². The number of para-hydroxylation sites is 1. The summed E-state index contributed by atoms with van der Waals surface area (Å²) >= 11 is 0. The summed E-state index contributed by atoms with van der Waals surface area (Å²) < 4.78 is 0. The standard InChI is InChI=1S/C22H26N2O/c1-2-8-20-22-18(17-11-6-7-12-19(17)23-22)13-14-24(20)21(15-25)16-9-4-3-5-10-16/h3-7,9-12,20-21,23,25H,2,8,13-15H2,1H3/t20-,21+/m1/s1. The molecule has 2 aromatic carbocycles. The third-order valence-electron chi connectivity index (χ3n) is 5.52. The minimum Gasteiger partial charge on any atom is -0.394 e. The number of nitrogens with zero attached hydrogens (tertiary/aromatic N) is 1. The Morgan fingerprint density at radius 1 is 1.12 bits per heavy atom. The first-order chi connectivity index (χ1) is 12.3. The Hall–Kier alpha value is -2.10. The van der Waals surface area contributed by atoms with E-state index >= 15 is 0 Å². The number of aliphatic hydroxyl groups is 1. The van der Waals surface area contributed by atoms with Crippen molar-refractivity contribution >= 4 is 10.9 Å². The summed E-state index contributed by atoms with van der Waals surface area (Å²) in [7, 11) is 0. The summed E-state index contributed by atoms with van der Waals surface area (Å²) in [5.74, 6) is 0. The van der Waals surface area contributed by atoms with Crippen LogP contribution in [0.4, 0.5) is 0 Å². The fourth-order valence-electron chi connectivity index (χ4n) is 4.37. The highest BCUT2D eigenvalue weighted by molar-refractivity contribution is 5.85. The molecular weight excluding hydrogens is 308 g/mol. The van der Waals surface area contributed by atoms with Crippen LogP contribution in [0.5, 0.6) is 0 Å². The molecule has 0 aliphatic carbocycles. The van der Waals surface area contributed by atoms with Crippen LogP contribution in [0.1, 0.15) is 48.7 Å². The second-order valence-corrected chi connectivity index (χ2v) is 6.96. The van der Waals surface area contributed by atoms with Crippen molar-refractivity contribution in [3.05, 3.63) is 71.4 Å². The molecule has 1 aliphatic rings. The zero-order valence-corrected chi connectivity index (χ0v) is 14.8. The summed E-state index contributed by atoms with van der Waals surface area (Å²) in [5, 5.41) is 11.5. The Morgan fingerprint density at radius 3 is 2.64 bits per heavy atom. The molecule has 4 rings (SSSR count). The van der Waals surface area contributed by atoms with Crippen LogP contribution in [0.25, 0.3) is 10.9 Å². The number of aromatic nitrogens is 1. The highest BCUT2D eigenvalue weighted by Gasteiger charge is 2.34. The van der Waals surface area contributed by atoms with Crippen molar-refractivity contribution in [3.8, 4) is 0 Å². The predicted octanol–water partition coefficient (Wildman–Crippen LogP) is 4.60. The van der Waals surface area contributed by atoms with Gasteiger partial charge in [-0.15, -0.1) is 0 Å². The molecule has 3 aromatic rings. The maximum Gasteiger partial charge on any atom is 0.0628 e. The summed E-state index contributed by atoms with van der Waals surface area (Å²) in [4.78, 5) is 6.18. The van der Waals surface area contributed by atoms with Crippen molar-refractivity contribution in [3.63, 3.8) is 0 Å². The first-order valence-electron chi connectivity index (χ1n) is 9.34. The molecule has 0 amide bonds. The van der Waals surface area contributed by atoms with Crippen LogP contribution < -0.4 is 0 Å². The summed E-state index contributed by atoms with van der Waals surface area (Å²) in [6, 6.07) is 19.4. The molecule has 0 radical (unpaired) electrons. The van der Waals surface area contributed by atoms with Gasteiger partial charge in [0, 0.05) is 23.1 Å². The lowest BCUT2D eigenvalue weighted by molar-refractivity contribution is 0.0686. The van der Waals surface area contributed by atoms with Crippen LogP contribution >= 0.6 is 0 Å². The molecule has 2 atom stereocenters. The van der Waals surface area contributed by atoms with Gasteiger partial charge in [0.2, 0.25) is 0 Å². The highest BCUT2D eigenvalue weighted by atomic mass is 16.3. The Morgan fingerprint density at radius 2 is 1.88 bits per heavy atom. The maximum absolute atomic E-state index is 10.2. The van der Waals surface area contributed by atoms with E-state index < -0.39 is 0 Å². The molecule has 0 bridgehead atoms. The number of nitrogens with one attached hydrogen (secondary N) is 1. The van der Waals surface area contributed by atoms with Crippen molar-refractivity contribution in [2.75, 3.05) is 13.2 Å². The van der Waals surface area contributed by atoms with E-state index in [1.165, 1.54) is 27.7 Å². The molecule has 0 unspecified atom stereocenters. The number of H-pyrrole nitrogens is 1. The summed E-state index contributed by atoms with van der Waals surface area (Å²) in [6.07, 6.45) is 3.26. The highest BCUT2D eigenvalue weighted by Crippen LogP contribution is 2.40. The van der Waals surface area contributed by atoms with Gasteiger partial charge in [0.1, 0.15) is 0 Å². The monoisotopic (exact) mass is 334 g/mol. The number of aliphatic hydroxyl groups excluding tert-OH is 1. The number of benzene rings is 2. The molecule has 130 valence electrons.